The Hall–Kier alpha value is -1.13. The molecule has 2 rings (SSSR count). The van der Waals surface area contributed by atoms with Crippen molar-refractivity contribution in [2.45, 2.75) is 12.7 Å². The number of carbonyl (C=O) groups is 1. The first-order valence-corrected chi connectivity index (χ1v) is 8.23. The average molecular weight is 353 g/mol. The van der Waals surface area contributed by atoms with Crippen molar-refractivity contribution in [3.05, 3.63) is 69.4 Å². The Morgan fingerprint density at radius 3 is 2.50 bits per heavy atom. The van der Waals surface area contributed by atoms with Gasteiger partial charge in [-0.1, -0.05) is 28.9 Å². The van der Waals surface area contributed by atoms with Gasteiger partial charge in [0.05, 0.1) is 0 Å². The molecule has 0 aromatic heterocycles. The smallest absolute Gasteiger partial charge is 0.194 e. The summed E-state index contributed by atoms with van der Waals surface area (Å²) in [6.07, 6.45) is 0. The average Bonchev–Trinajstić information content (AvgIpc) is 2.45. The van der Waals surface area contributed by atoms with Crippen LogP contribution in [0.25, 0.3) is 0 Å². The Morgan fingerprint density at radius 2 is 1.90 bits per heavy atom. The molecule has 0 aliphatic heterocycles. The van der Waals surface area contributed by atoms with Gasteiger partial charge in [-0.3, -0.25) is 4.79 Å². The molecule has 0 N–H and O–H groups in total. The second kappa shape index (κ2) is 7.04. The van der Waals surface area contributed by atoms with E-state index in [2.05, 4.69) is 22.9 Å². The molecule has 0 spiro atoms. The van der Waals surface area contributed by atoms with Crippen LogP contribution >= 0.6 is 27.7 Å². The molecule has 0 saturated heterocycles. The maximum absolute atomic E-state index is 12.9. The molecule has 0 aliphatic rings. The molecule has 0 radical (unpaired) electrons. The fourth-order valence-electron chi connectivity index (χ4n) is 1.81. The largest absolute Gasteiger partial charge is 0.289 e. The van der Waals surface area contributed by atoms with Gasteiger partial charge in [0.1, 0.15) is 5.82 Å². The van der Waals surface area contributed by atoms with Crippen LogP contribution in [0.15, 0.2) is 46.9 Å². The highest BCUT2D eigenvalue weighted by molar-refractivity contribution is 9.10. The van der Waals surface area contributed by atoms with Gasteiger partial charge in [-0.25, -0.2) is 4.39 Å². The molecule has 0 heterocycles. The van der Waals surface area contributed by atoms with Crippen molar-refractivity contribution in [2.24, 2.45) is 0 Å². The first-order chi connectivity index (χ1) is 9.61. The summed E-state index contributed by atoms with van der Waals surface area (Å²) in [5.74, 6) is 1.55. The van der Waals surface area contributed by atoms with Crippen LogP contribution in [0.3, 0.4) is 0 Å². The van der Waals surface area contributed by atoms with E-state index in [1.807, 2.05) is 30.0 Å². The van der Waals surface area contributed by atoms with E-state index >= 15 is 0 Å². The molecule has 0 amide bonds. The van der Waals surface area contributed by atoms with Crippen molar-refractivity contribution in [1.29, 1.82) is 0 Å². The molecule has 20 heavy (non-hydrogen) atoms. The molecule has 104 valence electrons. The molecule has 0 aliphatic carbocycles. The van der Waals surface area contributed by atoms with Gasteiger partial charge in [0.2, 0.25) is 0 Å². The fraction of sp³-hybridized carbons (Fsp3) is 0.188. The minimum absolute atomic E-state index is 0.105. The monoisotopic (exact) mass is 352 g/mol. The van der Waals surface area contributed by atoms with Gasteiger partial charge < -0.3 is 0 Å². The van der Waals surface area contributed by atoms with Crippen LogP contribution in [0.4, 0.5) is 4.39 Å². The Morgan fingerprint density at radius 1 is 1.20 bits per heavy atom. The number of thioether (sulfide) groups is 1. The molecule has 0 bridgehead atoms. The number of ketones is 1. The number of hydrogen-bond donors (Lipinski definition) is 0. The first-order valence-electron chi connectivity index (χ1n) is 6.28. The number of rotatable bonds is 5. The van der Waals surface area contributed by atoms with Crippen molar-refractivity contribution in [1.82, 2.24) is 0 Å². The summed E-state index contributed by atoms with van der Waals surface area (Å²) in [6, 6.07) is 11.4. The number of hydrogen-bond acceptors (Lipinski definition) is 2. The zero-order valence-electron chi connectivity index (χ0n) is 11.0. The zero-order valence-corrected chi connectivity index (χ0v) is 13.4. The maximum Gasteiger partial charge on any atom is 0.194 e. The van der Waals surface area contributed by atoms with E-state index in [-0.39, 0.29) is 11.6 Å². The SMILES string of the molecule is CCSCc1ccc(C(=O)c2ccc(F)cc2)c(Br)c1. The Balaban J connectivity index is 2.24. The second-order valence-corrected chi connectivity index (χ2v) is 6.42. The van der Waals surface area contributed by atoms with E-state index < -0.39 is 0 Å². The van der Waals surface area contributed by atoms with E-state index in [1.54, 1.807) is 0 Å². The molecule has 4 heteroatoms. The lowest BCUT2D eigenvalue weighted by Gasteiger charge is -2.07. The molecule has 0 saturated carbocycles. The van der Waals surface area contributed by atoms with Crippen molar-refractivity contribution in [2.75, 3.05) is 5.75 Å². The van der Waals surface area contributed by atoms with Crippen LogP contribution < -0.4 is 0 Å². The van der Waals surface area contributed by atoms with Gasteiger partial charge in [0.25, 0.3) is 0 Å². The fourth-order valence-corrected chi connectivity index (χ4v) is 3.03. The third kappa shape index (κ3) is 3.70. The molecule has 0 atom stereocenters. The molecule has 1 nitrogen and oxygen atoms in total. The maximum atomic E-state index is 12.9. The third-order valence-corrected chi connectivity index (χ3v) is 4.46. The van der Waals surface area contributed by atoms with Gasteiger partial charge in [-0.05, 0) is 47.7 Å². The van der Waals surface area contributed by atoms with Gasteiger partial charge in [-0.2, -0.15) is 11.8 Å². The van der Waals surface area contributed by atoms with E-state index in [4.69, 9.17) is 0 Å². The number of carbonyl (C=O) groups excluding carboxylic acids is 1. The van der Waals surface area contributed by atoms with E-state index in [1.165, 1.54) is 29.8 Å². The van der Waals surface area contributed by atoms with Crippen molar-refractivity contribution < 1.29 is 9.18 Å². The predicted octanol–water partition coefficient (Wildman–Crippen LogP) is 5.07. The van der Waals surface area contributed by atoms with Crippen LogP contribution in [-0.2, 0) is 5.75 Å². The lowest BCUT2D eigenvalue weighted by atomic mass is 10.0. The zero-order chi connectivity index (χ0) is 14.5. The van der Waals surface area contributed by atoms with Gasteiger partial charge in [0.15, 0.2) is 5.78 Å². The highest BCUT2D eigenvalue weighted by atomic mass is 79.9. The quantitative estimate of drug-likeness (QED) is 0.698. The number of halogens is 2. The minimum Gasteiger partial charge on any atom is -0.289 e. The highest BCUT2D eigenvalue weighted by Gasteiger charge is 2.13. The second-order valence-electron chi connectivity index (χ2n) is 4.29. The Labute approximate surface area is 130 Å². The minimum atomic E-state index is -0.340. The van der Waals surface area contributed by atoms with E-state index in [0.29, 0.717) is 11.1 Å². The summed E-state index contributed by atoms with van der Waals surface area (Å²) in [7, 11) is 0. The normalized spacial score (nSPS) is 10.6. The number of benzene rings is 2. The molecular weight excluding hydrogens is 339 g/mol. The lowest BCUT2D eigenvalue weighted by molar-refractivity contribution is 0.103. The van der Waals surface area contributed by atoms with Crippen LogP contribution in [0.5, 0.6) is 0 Å². The first kappa shape index (κ1) is 15.3. The van der Waals surface area contributed by atoms with Crippen LogP contribution in [-0.4, -0.2) is 11.5 Å². The topological polar surface area (TPSA) is 17.1 Å². The standard InChI is InChI=1S/C16H14BrFOS/c1-2-20-10-11-3-8-14(15(17)9-11)16(19)12-4-6-13(18)7-5-12/h3-9H,2,10H2,1H3. The summed E-state index contributed by atoms with van der Waals surface area (Å²) in [5, 5.41) is 0. The van der Waals surface area contributed by atoms with Crippen molar-refractivity contribution in [3.63, 3.8) is 0 Å². The van der Waals surface area contributed by atoms with Crippen LogP contribution in [0.1, 0.15) is 28.4 Å². The van der Waals surface area contributed by atoms with E-state index in [9.17, 15) is 9.18 Å². The van der Waals surface area contributed by atoms with Crippen LogP contribution in [0, 0.1) is 5.82 Å². The Kier molecular flexibility index (Phi) is 5.38. The van der Waals surface area contributed by atoms with Crippen molar-refractivity contribution >= 4 is 33.5 Å². The molecule has 0 fully saturated rings. The van der Waals surface area contributed by atoms with Gasteiger partial charge in [-0.15, -0.1) is 0 Å². The van der Waals surface area contributed by atoms with E-state index in [0.717, 1.165) is 16.0 Å². The lowest BCUT2D eigenvalue weighted by Crippen LogP contribution is -2.02. The highest BCUT2D eigenvalue weighted by Crippen LogP contribution is 2.24. The summed E-state index contributed by atoms with van der Waals surface area (Å²) < 4.78 is 13.7. The van der Waals surface area contributed by atoms with Gasteiger partial charge >= 0.3 is 0 Å². The summed E-state index contributed by atoms with van der Waals surface area (Å²) in [4.78, 5) is 12.3. The predicted molar refractivity (Wildman–Crippen MR) is 85.8 cm³/mol. The summed E-state index contributed by atoms with van der Waals surface area (Å²) in [6.45, 7) is 2.12. The summed E-state index contributed by atoms with van der Waals surface area (Å²) >= 11 is 5.28. The third-order valence-electron chi connectivity index (χ3n) is 2.86. The van der Waals surface area contributed by atoms with Crippen LogP contribution in [0.2, 0.25) is 0 Å². The molecule has 2 aromatic carbocycles. The van der Waals surface area contributed by atoms with Crippen molar-refractivity contribution in [3.8, 4) is 0 Å². The molecular formula is C16H14BrFOS. The van der Waals surface area contributed by atoms with Gasteiger partial charge in [0, 0.05) is 21.4 Å². The molecule has 2 aromatic rings. The molecule has 0 unspecified atom stereocenters. The summed E-state index contributed by atoms with van der Waals surface area (Å²) in [5.41, 5.74) is 2.27. The Bertz CT molecular complexity index is 610.